The van der Waals surface area contributed by atoms with Gasteiger partial charge >= 0.3 is 0 Å². The highest BCUT2D eigenvalue weighted by Crippen LogP contribution is 2.36. The largest absolute Gasteiger partial charge is 0.428 e. The second kappa shape index (κ2) is 13.7. The first kappa shape index (κ1) is 32.8. The molecule has 0 aliphatic rings. The lowest BCUT2D eigenvalue weighted by Gasteiger charge is -2.20. The van der Waals surface area contributed by atoms with Crippen LogP contribution in [0.25, 0.3) is 4.13 Å². The summed E-state index contributed by atoms with van der Waals surface area (Å²) in [4.78, 5) is -1.54. The molecule has 0 aliphatic heterocycles. The van der Waals surface area contributed by atoms with E-state index in [2.05, 4.69) is 4.13 Å². The molecule has 14 heteroatoms. The number of rotatable bonds is 7. The summed E-state index contributed by atoms with van der Waals surface area (Å²) in [5, 5.41) is 0. The van der Waals surface area contributed by atoms with Crippen LogP contribution >= 0.6 is 0 Å². The summed E-state index contributed by atoms with van der Waals surface area (Å²) in [5.41, 5.74) is 0. The number of nitrogens with zero attached hydrogens (tertiary/aromatic N) is 1. The lowest BCUT2D eigenvalue weighted by molar-refractivity contribution is 0.562. The van der Waals surface area contributed by atoms with Crippen LogP contribution in [0, 0.1) is 34.9 Å². The van der Waals surface area contributed by atoms with Crippen LogP contribution in [-0.2, 0) is 30.9 Å². The fourth-order valence-corrected chi connectivity index (χ4v) is 8.57. The number of benzene rings is 5. The molecule has 0 saturated heterocycles. The standard InChI is InChI=1S/C18H9F6S.C12H10NO4S2/c19-10-1-4-13(22)16(7-10)25(17-8-11(20)2-5-14(17)23)18-9-12(21)3-6-15(18)24;14-18(15,11-7-3-1-4-8-11)13-19(16,17)12-9-5-2-6-10-12/h1-9H;1-10H/q+1;-1. The summed E-state index contributed by atoms with van der Waals surface area (Å²) in [6, 6.07) is 21.6. The third kappa shape index (κ3) is 7.88. The molecule has 228 valence electrons. The minimum absolute atomic E-state index is 0.158. The topological polar surface area (TPSA) is 82.4 Å². The summed E-state index contributed by atoms with van der Waals surface area (Å²) in [6.45, 7) is 0. The van der Waals surface area contributed by atoms with Crippen molar-refractivity contribution < 1.29 is 43.2 Å². The van der Waals surface area contributed by atoms with Crippen molar-refractivity contribution in [1.82, 2.24) is 0 Å². The van der Waals surface area contributed by atoms with Crippen molar-refractivity contribution >= 4 is 30.9 Å². The number of halogens is 6. The second-order valence-electron chi connectivity index (χ2n) is 8.68. The van der Waals surface area contributed by atoms with Gasteiger partial charge in [0.2, 0.25) is 14.7 Å². The fraction of sp³-hybridized carbons (Fsp3) is 0. The molecular formula is C30H19F6NO4S3. The van der Waals surface area contributed by atoms with Gasteiger partial charge in [0.1, 0.15) is 48.4 Å². The van der Waals surface area contributed by atoms with E-state index in [4.69, 9.17) is 0 Å². The zero-order chi connectivity index (χ0) is 32.1. The SMILES string of the molecule is Fc1ccc(F)c([S+](c2cc(F)ccc2F)c2cc(F)ccc2F)c1.O=S(=O)([N-]S(=O)(=O)c1ccccc1)c1ccccc1. The second-order valence-corrected chi connectivity index (χ2v) is 14.1. The average Bonchev–Trinajstić information content (AvgIpc) is 2.99. The number of hydrogen-bond donors (Lipinski definition) is 0. The van der Waals surface area contributed by atoms with Crippen molar-refractivity contribution in [3.8, 4) is 0 Å². The van der Waals surface area contributed by atoms with Crippen LogP contribution in [0.15, 0.2) is 140 Å². The van der Waals surface area contributed by atoms with Gasteiger partial charge < -0.3 is 4.13 Å². The molecule has 0 radical (unpaired) electrons. The van der Waals surface area contributed by atoms with Gasteiger partial charge in [-0.2, -0.15) is 0 Å². The quantitative estimate of drug-likeness (QED) is 0.131. The lowest BCUT2D eigenvalue weighted by atomic mass is 10.3. The van der Waals surface area contributed by atoms with Crippen LogP contribution in [0.2, 0.25) is 0 Å². The molecule has 44 heavy (non-hydrogen) atoms. The van der Waals surface area contributed by atoms with E-state index in [-0.39, 0.29) is 9.79 Å². The van der Waals surface area contributed by atoms with E-state index in [0.29, 0.717) is 0 Å². The monoisotopic (exact) mass is 667 g/mol. The molecule has 0 unspecified atom stereocenters. The summed E-state index contributed by atoms with van der Waals surface area (Å²) >= 11 is 0. The maximum absolute atomic E-state index is 14.3. The van der Waals surface area contributed by atoms with Gasteiger partial charge in [-0.15, -0.1) is 0 Å². The molecule has 0 bridgehead atoms. The molecule has 5 nitrogen and oxygen atoms in total. The third-order valence-corrected chi connectivity index (χ3v) is 11.2. The van der Waals surface area contributed by atoms with Gasteiger partial charge in [0.05, 0.1) is 0 Å². The normalized spacial score (nSPS) is 11.6. The maximum atomic E-state index is 14.3. The smallest absolute Gasteiger partial charge is 0.205 e. The van der Waals surface area contributed by atoms with Gasteiger partial charge in [-0.25, -0.2) is 43.2 Å². The van der Waals surface area contributed by atoms with Gasteiger partial charge in [-0.1, -0.05) is 36.4 Å². The molecule has 0 atom stereocenters. The molecule has 0 spiro atoms. The molecular weight excluding hydrogens is 649 g/mol. The Hall–Kier alpha value is -4.11. The predicted octanol–water partition coefficient (Wildman–Crippen LogP) is 7.75. The molecule has 0 aliphatic carbocycles. The first-order valence-corrected chi connectivity index (χ1v) is 16.3. The van der Waals surface area contributed by atoms with E-state index in [1.165, 1.54) is 48.5 Å². The fourth-order valence-electron chi connectivity index (χ4n) is 3.66. The number of sulfonamides is 2. The number of hydrogen-bond acceptors (Lipinski definition) is 4. The molecule has 0 aromatic heterocycles. The molecule has 5 rings (SSSR count). The van der Waals surface area contributed by atoms with Crippen molar-refractivity contribution in [3.63, 3.8) is 0 Å². The van der Waals surface area contributed by atoms with E-state index in [9.17, 15) is 43.2 Å². The van der Waals surface area contributed by atoms with Crippen molar-refractivity contribution in [3.05, 3.63) is 154 Å². The molecule has 5 aromatic rings. The van der Waals surface area contributed by atoms with Crippen LogP contribution in [0.1, 0.15) is 0 Å². The average molecular weight is 668 g/mol. The van der Waals surface area contributed by atoms with E-state index in [1.54, 1.807) is 12.1 Å². The van der Waals surface area contributed by atoms with Crippen molar-refractivity contribution in [2.75, 3.05) is 0 Å². The Morgan fingerprint density at radius 1 is 0.432 bits per heavy atom. The highest BCUT2D eigenvalue weighted by molar-refractivity contribution is 8.12. The Labute approximate surface area is 252 Å². The maximum Gasteiger partial charge on any atom is 0.205 e. The minimum Gasteiger partial charge on any atom is -0.428 e. The molecule has 0 amide bonds. The lowest BCUT2D eigenvalue weighted by Crippen LogP contribution is -2.12. The summed E-state index contributed by atoms with van der Waals surface area (Å²) in [5.74, 6) is -5.38. The summed E-state index contributed by atoms with van der Waals surface area (Å²) in [7, 11) is -10.4. The zero-order valence-corrected chi connectivity index (χ0v) is 24.5. The van der Waals surface area contributed by atoms with Gasteiger partial charge in [0, 0.05) is 28.0 Å². The van der Waals surface area contributed by atoms with Crippen LogP contribution in [0.5, 0.6) is 0 Å². The van der Waals surface area contributed by atoms with Crippen molar-refractivity contribution in [1.29, 1.82) is 0 Å². The molecule has 0 N–H and O–H groups in total. The Morgan fingerprint density at radius 2 is 0.727 bits per heavy atom. The Bertz CT molecular complexity index is 1810. The zero-order valence-electron chi connectivity index (χ0n) is 22.0. The van der Waals surface area contributed by atoms with Gasteiger partial charge in [0.15, 0.2) is 17.5 Å². The van der Waals surface area contributed by atoms with E-state index < -0.39 is 80.5 Å². The molecule has 0 fully saturated rings. The van der Waals surface area contributed by atoms with Crippen LogP contribution in [-0.4, -0.2) is 16.8 Å². The first-order valence-electron chi connectivity index (χ1n) is 12.2. The highest BCUT2D eigenvalue weighted by Gasteiger charge is 2.38. The molecule has 0 saturated carbocycles. The van der Waals surface area contributed by atoms with Gasteiger partial charge in [-0.05, 0) is 60.7 Å². The van der Waals surface area contributed by atoms with Crippen molar-refractivity contribution in [2.24, 2.45) is 0 Å². The summed E-state index contributed by atoms with van der Waals surface area (Å²) < 4.78 is 134. The van der Waals surface area contributed by atoms with E-state index in [1.807, 2.05) is 0 Å². The third-order valence-electron chi connectivity index (χ3n) is 5.62. The van der Waals surface area contributed by atoms with Crippen LogP contribution in [0.4, 0.5) is 26.3 Å². The van der Waals surface area contributed by atoms with Crippen LogP contribution in [0.3, 0.4) is 0 Å². The first-order chi connectivity index (χ1) is 20.8. The van der Waals surface area contributed by atoms with Crippen molar-refractivity contribution in [2.45, 2.75) is 24.5 Å². The predicted molar refractivity (Wildman–Crippen MR) is 152 cm³/mol. The van der Waals surface area contributed by atoms with Gasteiger partial charge in [-0.3, -0.25) is 0 Å². The Morgan fingerprint density at radius 3 is 1.02 bits per heavy atom. The van der Waals surface area contributed by atoms with E-state index in [0.717, 1.165) is 54.6 Å². The minimum atomic E-state index is -4.23. The summed E-state index contributed by atoms with van der Waals surface area (Å²) in [6.07, 6.45) is 0. The Kier molecular flexibility index (Phi) is 10.2. The van der Waals surface area contributed by atoms with Gasteiger partial charge in [0.25, 0.3) is 0 Å². The molecule has 0 heterocycles. The highest BCUT2D eigenvalue weighted by atomic mass is 32.3. The molecule has 5 aromatic carbocycles. The van der Waals surface area contributed by atoms with E-state index >= 15 is 0 Å². The van der Waals surface area contributed by atoms with Crippen LogP contribution < -0.4 is 0 Å². The Balaban J connectivity index is 0.000000209.